The molecule has 0 bridgehead atoms. The van der Waals surface area contributed by atoms with Crippen LogP contribution in [0.4, 0.5) is 8.78 Å². The normalized spacial score (nSPS) is 11.3. The Morgan fingerprint density at radius 3 is 2.62 bits per heavy atom. The first-order valence-corrected chi connectivity index (χ1v) is 8.60. The summed E-state index contributed by atoms with van der Waals surface area (Å²) in [5, 5.41) is 10.5. The van der Waals surface area contributed by atoms with Crippen molar-refractivity contribution in [2.24, 2.45) is 0 Å². The molecular formula is C19H22F2N4O. The minimum Gasteiger partial charge on any atom is -0.356 e. The van der Waals surface area contributed by atoms with E-state index in [1.165, 1.54) is 6.07 Å². The van der Waals surface area contributed by atoms with Crippen molar-refractivity contribution in [2.75, 3.05) is 6.54 Å². The number of rotatable bonds is 6. The van der Waals surface area contributed by atoms with E-state index in [-0.39, 0.29) is 5.91 Å². The Hall–Kier alpha value is -2.70. The van der Waals surface area contributed by atoms with Gasteiger partial charge in [-0.25, -0.2) is 8.78 Å². The van der Waals surface area contributed by atoms with Gasteiger partial charge >= 0.3 is 0 Å². The molecule has 0 saturated carbocycles. The summed E-state index contributed by atoms with van der Waals surface area (Å²) in [6.45, 7) is 6.14. The molecule has 0 unspecified atom stereocenters. The average Bonchev–Trinajstić information content (AvgIpc) is 3.07. The summed E-state index contributed by atoms with van der Waals surface area (Å²) in [4.78, 5) is 15.0. The monoisotopic (exact) mass is 360 g/mol. The molecule has 26 heavy (non-hydrogen) atoms. The minimum absolute atomic E-state index is 0.0695. The summed E-state index contributed by atoms with van der Waals surface area (Å²) in [6, 6.07) is 2.18. The molecule has 3 aromatic rings. The zero-order valence-corrected chi connectivity index (χ0v) is 15.1. The molecule has 0 aliphatic carbocycles. The summed E-state index contributed by atoms with van der Waals surface area (Å²) >= 11 is 0. The molecule has 0 spiro atoms. The second-order valence-electron chi connectivity index (χ2n) is 6.56. The van der Waals surface area contributed by atoms with Crippen LogP contribution in [0.25, 0.3) is 10.9 Å². The molecule has 1 amide bonds. The van der Waals surface area contributed by atoms with Crippen molar-refractivity contribution >= 4 is 16.8 Å². The SMILES string of the molecule is Cc1[nH]nc(CCC(=O)NCCc2c(C)[nH]c3c(F)cc(F)cc23)c1C. The minimum atomic E-state index is -0.608. The lowest BCUT2D eigenvalue weighted by molar-refractivity contribution is -0.121. The van der Waals surface area contributed by atoms with Gasteiger partial charge in [-0.05, 0) is 44.4 Å². The molecule has 138 valence electrons. The summed E-state index contributed by atoms with van der Waals surface area (Å²) in [5.41, 5.74) is 4.88. The number of nitrogens with zero attached hydrogens (tertiary/aromatic N) is 1. The number of aryl methyl sites for hydroxylation is 3. The molecule has 7 heteroatoms. The van der Waals surface area contributed by atoms with Crippen LogP contribution in [0.5, 0.6) is 0 Å². The van der Waals surface area contributed by atoms with Gasteiger partial charge in [0, 0.05) is 42.2 Å². The number of carbonyl (C=O) groups excluding carboxylic acids is 1. The lowest BCUT2D eigenvalue weighted by atomic mass is 10.1. The predicted molar refractivity (Wildman–Crippen MR) is 96.0 cm³/mol. The largest absolute Gasteiger partial charge is 0.356 e. The summed E-state index contributed by atoms with van der Waals surface area (Å²) < 4.78 is 27.3. The molecule has 0 aliphatic rings. The van der Waals surface area contributed by atoms with Crippen LogP contribution in [0.15, 0.2) is 12.1 Å². The maximum absolute atomic E-state index is 13.8. The molecule has 0 radical (unpaired) electrons. The van der Waals surface area contributed by atoms with Crippen LogP contribution in [-0.2, 0) is 17.6 Å². The second kappa shape index (κ2) is 7.27. The Kier molecular flexibility index (Phi) is 5.06. The van der Waals surface area contributed by atoms with Crippen LogP contribution in [0, 0.1) is 32.4 Å². The number of amides is 1. The van der Waals surface area contributed by atoms with Crippen LogP contribution in [0.2, 0.25) is 0 Å². The second-order valence-corrected chi connectivity index (χ2v) is 6.56. The van der Waals surface area contributed by atoms with E-state index >= 15 is 0 Å². The molecule has 0 saturated heterocycles. The summed E-state index contributed by atoms with van der Waals surface area (Å²) in [7, 11) is 0. The molecule has 0 fully saturated rings. The van der Waals surface area contributed by atoms with Crippen molar-refractivity contribution < 1.29 is 13.6 Å². The van der Waals surface area contributed by atoms with E-state index in [1.54, 1.807) is 0 Å². The molecule has 1 aromatic carbocycles. The topological polar surface area (TPSA) is 73.6 Å². The van der Waals surface area contributed by atoms with Gasteiger partial charge in [0.05, 0.1) is 11.2 Å². The van der Waals surface area contributed by atoms with Gasteiger partial charge in [-0.1, -0.05) is 0 Å². The lowest BCUT2D eigenvalue weighted by Crippen LogP contribution is -2.26. The van der Waals surface area contributed by atoms with E-state index in [4.69, 9.17) is 0 Å². The maximum Gasteiger partial charge on any atom is 0.220 e. The molecule has 5 nitrogen and oxygen atoms in total. The lowest BCUT2D eigenvalue weighted by Gasteiger charge is -2.06. The van der Waals surface area contributed by atoms with Gasteiger partial charge < -0.3 is 10.3 Å². The Balaban J connectivity index is 1.58. The van der Waals surface area contributed by atoms with Gasteiger partial charge in [-0.2, -0.15) is 5.10 Å². The first kappa shape index (κ1) is 18.1. The average molecular weight is 360 g/mol. The van der Waals surface area contributed by atoms with Crippen molar-refractivity contribution in [3.8, 4) is 0 Å². The summed E-state index contributed by atoms with van der Waals surface area (Å²) in [6.07, 6.45) is 1.42. The molecular weight excluding hydrogens is 338 g/mol. The smallest absolute Gasteiger partial charge is 0.220 e. The fourth-order valence-corrected chi connectivity index (χ4v) is 3.15. The maximum atomic E-state index is 13.8. The number of hydrogen-bond acceptors (Lipinski definition) is 2. The van der Waals surface area contributed by atoms with Gasteiger partial charge in [-0.15, -0.1) is 0 Å². The summed E-state index contributed by atoms with van der Waals surface area (Å²) in [5.74, 6) is -1.29. The third-order valence-electron chi connectivity index (χ3n) is 4.79. The van der Waals surface area contributed by atoms with Gasteiger partial charge in [0.1, 0.15) is 11.6 Å². The quantitative estimate of drug-likeness (QED) is 0.630. The first-order valence-electron chi connectivity index (χ1n) is 8.60. The van der Waals surface area contributed by atoms with Crippen LogP contribution in [0.3, 0.4) is 0 Å². The number of carbonyl (C=O) groups is 1. The molecule has 0 atom stereocenters. The number of halogens is 2. The highest BCUT2D eigenvalue weighted by atomic mass is 19.1. The standard InChI is InChI=1S/C19H22F2N4O/c1-10-11(2)24-25-17(10)4-5-18(26)22-7-6-14-12(3)23-19-15(14)8-13(20)9-16(19)21/h8-9,23H,4-7H2,1-3H3,(H,22,26)(H,24,25). The van der Waals surface area contributed by atoms with E-state index in [1.807, 2.05) is 20.8 Å². The third-order valence-corrected chi connectivity index (χ3v) is 4.79. The zero-order chi connectivity index (χ0) is 18.8. The number of aromatic amines is 2. The van der Waals surface area contributed by atoms with Gasteiger partial charge in [0.25, 0.3) is 0 Å². The first-order chi connectivity index (χ1) is 12.4. The number of aromatic nitrogens is 3. The number of hydrogen-bond donors (Lipinski definition) is 3. The number of benzene rings is 1. The molecule has 3 N–H and O–H groups in total. The molecule has 3 rings (SSSR count). The highest BCUT2D eigenvalue weighted by molar-refractivity contribution is 5.85. The fraction of sp³-hybridized carbons (Fsp3) is 0.368. The Labute approximate surface area is 150 Å². The van der Waals surface area contributed by atoms with E-state index in [0.717, 1.165) is 34.3 Å². The van der Waals surface area contributed by atoms with E-state index in [9.17, 15) is 13.6 Å². The van der Waals surface area contributed by atoms with Gasteiger partial charge in [-0.3, -0.25) is 9.89 Å². The van der Waals surface area contributed by atoms with Gasteiger partial charge in [0.15, 0.2) is 0 Å². The van der Waals surface area contributed by atoms with Gasteiger partial charge in [0.2, 0.25) is 5.91 Å². The van der Waals surface area contributed by atoms with E-state index < -0.39 is 11.6 Å². The van der Waals surface area contributed by atoms with Crippen LogP contribution >= 0.6 is 0 Å². The van der Waals surface area contributed by atoms with Crippen molar-refractivity contribution in [2.45, 2.75) is 40.0 Å². The van der Waals surface area contributed by atoms with E-state index in [2.05, 4.69) is 20.5 Å². The van der Waals surface area contributed by atoms with Crippen molar-refractivity contribution in [1.82, 2.24) is 20.5 Å². The highest BCUT2D eigenvalue weighted by Gasteiger charge is 2.14. The fourth-order valence-electron chi connectivity index (χ4n) is 3.15. The van der Waals surface area contributed by atoms with Crippen molar-refractivity contribution in [3.05, 3.63) is 52.0 Å². The van der Waals surface area contributed by atoms with Crippen LogP contribution < -0.4 is 5.32 Å². The van der Waals surface area contributed by atoms with Crippen molar-refractivity contribution in [3.63, 3.8) is 0 Å². The molecule has 2 heterocycles. The Morgan fingerprint density at radius 1 is 1.15 bits per heavy atom. The zero-order valence-electron chi connectivity index (χ0n) is 15.1. The van der Waals surface area contributed by atoms with Crippen molar-refractivity contribution in [1.29, 1.82) is 0 Å². The van der Waals surface area contributed by atoms with Crippen LogP contribution in [0.1, 0.15) is 34.6 Å². The molecule has 2 aromatic heterocycles. The third kappa shape index (κ3) is 3.61. The Bertz CT molecular complexity index is 958. The van der Waals surface area contributed by atoms with Crippen LogP contribution in [-0.4, -0.2) is 27.6 Å². The number of nitrogens with one attached hydrogen (secondary N) is 3. The number of H-pyrrole nitrogens is 2. The predicted octanol–water partition coefficient (Wildman–Crippen LogP) is 3.39. The Morgan fingerprint density at radius 2 is 1.92 bits per heavy atom. The van der Waals surface area contributed by atoms with E-state index in [0.29, 0.717) is 36.7 Å². The molecule has 0 aliphatic heterocycles. The number of fused-ring (bicyclic) bond motifs is 1. The highest BCUT2D eigenvalue weighted by Crippen LogP contribution is 2.25.